The summed E-state index contributed by atoms with van der Waals surface area (Å²) in [5, 5.41) is 3.49. The third-order valence-corrected chi connectivity index (χ3v) is 6.48. The van der Waals surface area contributed by atoms with E-state index in [2.05, 4.69) is 10.2 Å². The second kappa shape index (κ2) is 9.79. The molecule has 0 aliphatic carbocycles. The lowest BCUT2D eigenvalue weighted by molar-refractivity contribution is -0.136. The summed E-state index contributed by atoms with van der Waals surface area (Å²) in [5.41, 5.74) is 0. The van der Waals surface area contributed by atoms with Gasteiger partial charge < -0.3 is 20.0 Å². The first-order valence-electron chi connectivity index (χ1n) is 10.2. The molecule has 3 fully saturated rings. The number of amides is 3. The fraction of sp³-hybridized carbons (Fsp3) is 0.895. The van der Waals surface area contributed by atoms with Crippen LogP contribution in [0, 0.1) is 17.8 Å². The van der Waals surface area contributed by atoms with Crippen LogP contribution in [0.1, 0.15) is 39.5 Å². The quantitative estimate of drug-likeness (QED) is 0.807. The van der Waals surface area contributed by atoms with Gasteiger partial charge in [-0.25, -0.2) is 4.79 Å². The van der Waals surface area contributed by atoms with Gasteiger partial charge in [-0.05, 0) is 64.5 Å². The van der Waals surface area contributed by atoms with Gasteiger partial charge >= 0.3 is 6.03 Å². The largest absolute Gasteiger partial charge is 0.342 e. The molecule has 26 heavy (non-hydrogen) atoms. The Labute approximate surface area is 164 Å². The first-order chi connectivity index (χ1) is 12.1. The minimum atomic E-state index is 0. The van der Waals surface area contributed by atoms with Crippen molar-refractivity contribution in [1.29, 1.82) is 0 Å². The Morgan fingerprint density at radius 1 is 0.885 bits per heavy atom. The highest BCUT2D eigenvalue weighted by atomic mass is 35.5. The maximum absolute atomic E-state index is 12.9. The van der Waals surface area contributed by atoms with E-state index in [1.807, 2.05) is 23.6 Å². The molecule has 2 atom stereocenters. The van der Waals surface area contributed by atoms with Crippen LogP contribution in [0.4, 0.5) is 4.79 Å². The number of rotatable bonds is 3. The summed E-state index contributed by atoms with van der Waals surface area (Å²) < 4.78 is 0. The molecule has 6 nitrogen and oxygen atoms in total. The highest BCUT2D eigenvalue weighted by molar-refractivity contribution is 5.85. The molecule has 3 rings (SSSR count). The number of piperidine rings is 1. The Morgan fingerprint density at radius 2 is 1.38 bits per heavy atom. The lowest BCUT2D eigenvalue weighted by Gasteiger charge is -2.36. The number of urea groups is 1. The van der Waals surface area contributed by atoms with Crippen molar-refractivity contribution in [2.75, 3.05) is 52.4 Å². The Balaban J connectivity index is 0.00000243. The van der Waals surface area contributed by atoms with Crippen LogP contribution in [0.25, 0.3) is 0 Å². The van der Waals surface area contributed by atoms with E-state index in [-0.39, 0.29) is 24.4 Å². The van der Waals surface area contributed by atoms with Gasteiger partial charge in [-0.2, -0.15) is 0 Å². The molecule has 3 amide bonds. The smallest absolute Gasteiger partial charge is 0.319 e. The molecule has 0 radical (unpaired) electrons. The van der Waals surface area contributed by atoms with Gasteiger partial charge in [0.15, 0.2) is 0 Å². The molecule has 0 spiro atoms. The molecule has 3 aliphatic heterocycles. The summed E-state index contributed by atoms with van der Waals surface area (Å²) in [4.78, 5) is 31.3. The van der Waals surface area contributed by atoms with Gasteiger partial charge in [0.2, 0.25) is 5.91 Å². The molecule has 150 valence electrons. The Hall–Kier alpha value is -1.01. The topological polar surface area (TPSA) is 55.9 Å². The van der Waals surface area contributed by atoms with Crippen LogP contribution in [0.15, 0.2) is 0 Å². The summed E-state index contributed by atoms with van der Waals surface area (Å²) in [6.45, 7) is 11.0. The second-order valence-electron chi connectivity index (χ2n) is 7.80. The minimum Gasteiger partial charge on any atom is -0.342 e. The van der Waals surface area contributed by atoms with Gasteiger partial charge in [0.05, 0.1) is 0 Å². The van der Waals surface area contributed by atoms with E-state index >= 15 is 0 Å². The van der Waals surface area contributed by atoms with Crippen LogP contribution in [0.5, 0.6) is 0 Å². The number of carbonyl (C=O) groups excluding carboxylic acids is 2. The normalized spacial score (nSPS) is 26.7. The lowest BCUT2D eigenvalue weighted by Crippen LogP contribution is -2.49. The van der Waals surface area contributed by atoms with Crippen molar-refractivity contribution in [3.63, 3.8) is 0 Å². The molecular formula is C19H35ClN4O2. The van der Waals surface area contributed by atoms with Gasteiger partial charge in [0, 0.05) is 45.2 Å². The van der Waals surface area contributed by atoms with Gasteiger partial charge in [-0.15, -0.1) is 12.4 Å². The van der Waals surface area contributed by atoms with Gasteiger partial charge in [-0.1, -0.05) is 0 Å². The van der Waals surface area contributed by atoms with E-state index in [0.29, 0.717) is 5.91 Å². The number of fused-ring (bicyclic) bond motifs is 1. The van der Waals surface area contributed by atoms with E-state index in [4.69, 9.17) is 0 Å². The van der Waals surface area contributed by atoms with Crippen molar-refractivity contribution in [3.05, 3.63) is 0 Å². The van der Waals surface area contributed by atoms with Crippen molar-refractivity contribution in [2.45, 2.75) is 39.5 Å². The van der Waals surface area contributed by atoms with Crippen molar-refractivity contribution >= 4 is 24.3 Å². The number of nitrogens with zero attached hydrogens (tertiary/aromatic N) is 3. The third kappa shape index (κ3) is 4.63. The van der Waals surface area contributed by atoms with Gasteiger partial charge in [0.25, 0.3) is 0 Å². The SMILES string of the molecule is CCN(CC)C(=O)N1CCC(C(=O)N2CC[C@@H]3CNC[C@@H]3CC2)CC1.Cl. The standard InChI is InChI=1S/C19H34N4O2.ClH/c1-3-21(4-2)19(25)23-11-5-15(6-12-23)18(24)22-9-7-16-13-20-14-17(16)8-10-22;/h15-17,20H,3-14H2,1-2H3;1H/t16-,17+;. The number of halogens is 1. The van der Waals surface area contributed by atoms with E-state index in [1.54, 1.807) is 0 Å². The van der Waals surface area contributed by atoms with Crippen molar-refractivity contribution in [1.82, 2.24) is 20.0 Å². The molecule has 0 aromatic carbocycles. The average Bonchev–Trinajstić information content (AvgIpc) is 3.00. The zero-order chi connectivity index (χ0) is 17.8. The maximum Gasteiger partial charge on any atom is 0.319 e. The molecule has 3 heterocycles. The molecule has 3 aliphatic rings. The number of hydrogen-bond acceptors (Lipinski definition) is 3. The van der Waals surface area contributed by atoms with Gasteiger partial charge in [-0.3, -0.25) is 4.79 Å². The molecule has 7 heteroatoms. The molecule has 0 aromatic heterocycles. The molecule has 0 saturated carbocycles. The number of nitrogens with one attached hydrogen (secondary N) is 1. The fourth-order valence-corrected chi connectivity index (χ4v) is 4.71. The predicted molar refractivity (Wildman–Crippen MR) is 106 cm³/mol. The number of likely N-dealkylation sites (tertiary alicyclic amines) is 2. The van der Waals surface area contributed by atoms with Crippen molar-refractivity contribution < 1.29 is 9.59 Å². The molecule has 0 unspecified atom stereocenters. The van der Waals surface area contributed by atoms with Crippen LogP contribution in [-0.2, 0) is 4.79 Å². The van der Waals surface area contributed by atoms with E-state index in [9.17, 15) is 9.59 Å². The first-order valence-corrected chi connectivity index (χ1v) is 10.2. The second-order valence-corrected chi connectivity index (χ2v) is 7.80. The van der Waals surface area contributed by atoms with Crippen molar-refractivity contribution in [3.8, 4) is 0 Å². The molecule has 3 saturated heterocycles. The predicted octanol–water partition coefficient (Wildman–Crippen LogP) is 2.04. The van der Waals surface area contributed by atoms with Crippen LogP contribution in [0.2, 0.25) is 0 Å². The van der Waals surface area contributed by atoms with E-state index in [0.717, 1.165) is 89.9 Å². The van der Waals surface area contributed by atoms with E-state index < -0.39 is 0 Å². The lowest BCUT2D eigenvalue weighted by atomic mass is 9.92. The summed E-state index contributed by atoms with van der Waals surface area (Å²) in [5.74, 6) is 1.96. The molecule has 0 aromatic rings. The highest BCUT2D eigenvalue weighted by Crippen LogP contribution is 2.29. The average molecular weight is 387 g/mol. The third-order valence-electron chi connectivity index (χ3n) is 6.48. The summed E-state index contributed by atoms with van der Waals surface area (Å²) in [6.07, 6.45) is 3.92. The number of carbonyl (C=O) groups is 2. The molecular weight excluding hydrogens is 352 g/mol. The maximum atomic E-state index is 12.9. The Kier molecular flexibility index (Phi) is 8.02. The summed E-state index contributed by atoms with van der Waals surface area (Å²) in [6, 6.07) is 0.131. The highest BCUT2D eigenvalue weighted by Gasteiger charge is 2.35. The number of hydrogen-bond donors (Lipinski definition) is 1. The Bertz CT molecular complexity index is 464. The zero-order valence-corrected chi connectivity index (χ0v) is 17.1. The van der Waals surface area contributed by atoms with Crippen LogP contribution in [0.3, 0.4) is 0 Å². The fourth-order valence-electron chi connectivity index (χ4n) is 4.71. The van der Waals surface area contributed by atoms with Gasteiger partial charge in [0.1, 0.15) is 0 Å². The summed E-state index contributed by atoms with van der Waals surface area (Å²) in [7, 11) is 0. The van der Waals surface area contributed by atoms with Crippen LogP contribution < -0.4 is 5.32 Å². The van der Waals surface area contributed by atoms with E-state index in [1.165, 1.54) is 0 Å². The summed E-state index contributed by atoms with van der Waals surface area (Å²) >= 11 is 0. The van der Waals surface area contributed by atoms with Crippen molar-refractivity contribution in [2.24, 2.45) is 17.8 Å². The Morgan fingerprint density at radius 3 is 1.88 bits per heavy atom. The zero-order valence-electron chi connectivity index (χ0n) is 16.3. The minimum absolute atomic E-state index is 0. The van der Waals surface area contributed by atoms with Crippen LogP contribution >= 0.6 is 12.4 Å². The first kappa shape index (κ1) is 21.3. The van der Waals surface area contributed by atoms with Crippen LogP contribution in [-0.4, -0.2) is 79.0 Å². The molecule has 1 N–H and O–H groups in total. The molecule has 0 bridgehead atoms. The monoisotopic (exact) mass is 386 g/mol.